The molecular weight excluding hydrogens is 386 g/mol. The molecule has 130 valence electrons. The Morgan fingerprint density at radius 1 is 1.32 bits per heavy atom. The van der Waals surface area contributed by atoms with Crippen molar-refractivity contribution in [2.24, 2.45) is 0 Å². The van der Waals surface area contributed by atoms with Crippen molar-refractivity contribution in [2.45, 2.75) is 24.9 Å². The van der Waals surface area contributed by atoms with Gasteiger partial charge in [0.2, 0.25) is 0 Å². The molecule has 2 aliphatic heterocycles. The number of benzene rings is 1. The van der Waals surface area contributed by atoms with Crippen molar-refractivity contribution in [3.63, 3.8) is 0 Å². The molecule has 7 heteroatoms. The Bertz CT molecular complexity index is 792. The molecule has 25 heavy (non-hydrogen) atoms. The van der Waals surface area contributed by atoms with E-state index in [4.69, 9.17) is 9.47 Å². The number of anilines is 1. The number of ether oxygens (including phenoxy) is 2. The number of hydrogen-bond acceptors (Lipinski definition) is 6. The molecule has 2 aliphatic rings. The van der Waals surface area contributed by atoms with Gasteiger partial charge < -0.3 is 14.4 Å². The summed E-state index contributed by atoms with van der Waals surface area (Å²) >= 11 is 3.26. The number of esters is 1. The zero-order chi connectivity index (χ0) is 17.4. The molecule has 1 aromatic carbocycles. The molecule has 0 amide bonds. The molecule has 1 aromatic heterocycles. The second kappa shape index (κ2) is 6.29. The lowest BCUT2D eigenvalue weighted by atomic mass is 9.87. The van der Waals surface area contributed by atoms with Crippen LogP contribution in [0.15, 0.2) is 35.1 Å². The van der Waals surface area contributed by atoms with Crippen LogP contribution in [-0.2, 0) is 11.2 Å². The normalized spacial score (nSPS) is 17.9. The predicted molar refractivity (Wildman–Crippen MR) is 96.0 cm³/mol. The first kappa shape index (κ1) is 16.3. The zero-order valence-electron chi connectivity index (χ0n) is 13.9. The summed E-state index contributed by atoms with van der Waals surface area (Å²) in [6, 6.07) is 8.22. The molecule has 0 unspecified atom stereocenters. The van der Waals surface area contributed by atoms with Crippen LogP contribution in [0.4, 0.5) is 5.82 Å². The van der Waals surface area contributed by atoms with Crippen LogP contribution in [0.3, 0.4) is 0 Å². The van der Waals surface area contributed by atoms with Gasteiger partial charge in [-0.2, -0.15) is 0 Å². The van der Waals surface area contributed by atoms with Gasteiger partial charge >= 0.3 is 5.97 Å². The third kappa shape index (κ3) is 2.97. The first-order valence-electron chi connectivity index (χ1n) is 8.23. The summed E-state index contributed by atoms with van der Waals surface area (Å²) in [6.07, 6.45) is 4.29. The summed E-state index contributed by atoms with van der Waals surface area (Å²) in [5.41, 5.74) is 1.37. The average Bonchev–Trinajstić information content (AvgIpc) is 2.99. The van der Waals surface area contributed by atoms with Crippen molar-refractivity contribution in [1.82, 2.24) is 9.97 Å². The summed E-state index contributed by atoms with van der Waals surface area (Å²) in [7, 11) is 1.35. The highest BCUT2D eigenvalue weighted by Gasteiger charge is 2.42. The summed E-state index contributed by atoms with van der Waals surface area (Å²) in [4.78, 5) is 22.8. The summed E-state index contributed by atoms with van der Waals surface area (Å²) in [5, 5.41) is 0. The number of nitrogens with zero attached hydrogens (tertiary/aromatic N) is 3. The van der Waals surface area contributed by atoms with Crippen LogP contribution in [0.2, 0.25) is 0 Å². The van der Waals surface area contributed by atoms with Crippen LogP contribution in [0.1, 0.15) is 28.9 Å². The first-order valence-corrected chi connectivity index (χ1v) is 9.02. The number of rotatable bonds is 2. The molecule has 3 heterocycles. The summed E-state index contributed by atoms with van der Waals surface area (Å²) < 4.78 is 11.6. The Morgan fingerprint density at radius 3 is 2.80 bits per heavy atom. The van der Waals surface area contributed by atoms with E-state index in [1.54, 1.807) is 6.20 Å². The van der Waals surface area contributed by atoms with Crippen molar-refractivity contribution in [3.8, 4) is 5.75 Å². The molecule has 0 atom stereocenters. The van der Waals surface area contributed by atoms with Gasteiger partial charge in [0, 0.05) is 32.4 Å². The van der Waals surface area contributed by atoms with E-state index >= 15 is 0 Å². The number of piperidine rings is 1. The van der Waals surface area contributed by atoms with E-state index in [2.05, 4.69) is 42.9 Å². The maximum absolute atomic E-state index is 12.0. The lowest BCUT2D eigenvalue weighted by Gasteiger charge is -2.39. The number of fused-ring (bicyclic) bond motifs is 1. The van der Waals surface area contributed by atoms with E-state index in [1.807, 2.05) is 12.1 Å². The Hall–Kier alpha value is -2.15. The average molecular weight is 404 g/mol. The quantitative estimate of drug-likeness (QED) is 0.718. The Morgan fingerprint density at radius 2 is 2.08 bits per heavy atom. The third-order valence-corrected chi connectivity index (χ3v) is 5.27. The van der Waals surface area contributed by atoms with Crippen LogP contribution in [0, 0.1) is 0 Å². The highest BCUT2D eigenvalue weighted by atomic mass is 79.9. The van der Waals surface area contributed by atoms with Gasteiger partial charge in [0.25, 0.3) is 0 Å². The predicted octanol–water partition coefficient (Wildman–Crippen LogP) is 3.00. The van der Waals surface area contributed by atoms with Crippen molar-refractivity contribution in [2.75, 3.05) is 25.1 Å². The SMILES string of the molecule is COC(=O)c1nc(Br)cnc1N1CCC2(CC1)Cc1ccccc1O2. The minimum absolute atomic E-state index is 0.144. The van der Waals surface area contributed by atoms with E-state index in [-0.39, 0.29) is 11.3 Å². The largest absolute Gasteiger partial charge is 0.487 e. The first-order chi connectivity index (χ1) is 12.1. The summed E-state index contributed by atoms with van der Waals surface area (Å²) in [5.74, 6) is 1.09. The van der Waals surface area contributed by atoms with Gasteiger partial charge in [0.15, 0.2) is 11.5 Å². The lowest BCUT2D eigenvalue weighted by molar-refractivity contribution is 0.0591. The van der Waals surface area contributed by atoms with Gasteiger partial charge in [0.05, 0.1) is 13.3 Å². The lowest BCUT2D eigenvalue weighted by Crippen LogP contribution is -2.48. The Labute approximate surface area is 154 Å². The number of carbonyl (C=O) groups excluding carboxylic acids is 1. The number of halogens is 1. The highest BCUT2D eigenvalue weighted by Crippen LogP contribution is 2.41. The topological polar surface area (TPSA) is 64.5 Å². The molecule has 1 saturated heterocycles. The molecule has 6 nitrogen and oxygen atoms in total. The fraction of sp³-hybridized carbons (Fsp3) is 0.389. The number of aromatic nitrogens is 2. The van der Waals surface area contributed by atoms with Gasteiger partial charge in [-0.05, 0) is 27.6 Å². The molecule has 4 rings (SSSR count). The van der Waals surface area contributed by atoms with Crippen LogP contribution >= 0.6 is 15.9 Å². The van der Waals surface area contributed by atoms with Gasteiger partial charge in [-0.15, -0.1) is 0 Å². The maximum atomic E-state index is 12.0. The fourth-order valence-corrected chi connectivity index (χ4v) is 3.88. The van der Waals surface area contributed by atoms with Crippen LogP contribution < -0.4 is 9.64 Å². The standard InChI is InChI=1S/C18H18BrN3O3/c1-24-17(23)15-16(20-11-14(19)21-15)22-8-6-18(7-9-22)10-12-4-2-3-5-13(12)25-18/h2-5,11H,6-10H2,1H3. The Kier molecular flexibility index (Phi) is 4.11. The van der Waals surface area contributed by atoms with E-state index in [1.165, 1.54) is 12.7 Å². The highest BCUT2D eigenvalue weighted by molar-refractivity contribution is 9.10. The van der Waals surface area contributed by atoms with Gasteiger partial charge in [-0.3, -0.25) is 0 Å². The van der Waals surface area contributed by atoms with Crippen LogP contribution in [0.25, 0.3) is 0 Å². The molecule has 0 saturated carbocycles. The molecule has 0 radical (unpaired) electrons. The van der Waals surface area contributed by atoms with E-state index in [0.717, 1.165) is 38.1 Å². The van der Waals surface area contributed by atoms with Gasteiger partial charge in [-0.25, -0.2) is 14.8 Å². The Balaban J connectivity index is 1.53. The van der Waals surface area contributed by atoms with E-state index in [9.17, 15) is 4.79 Å². The minimum atomic E-state index is -0.478. The van der Waals surface area contributed by atoms with Crippen molar-refractivity contribution >= 4 is 27.7 Å². The molecular formula is C18H18BrN3O3. The summed E-state index contributed by atoms with van der Waals surface area (Å²) in [6.45, 7) is 1.52. The second-order valence-corrected chi connectivity index (χ2v) is 7.23. The molecule has 2 aromatic rings. The van der Waals surface area contributed by atoms with Crippen molar-refractivity contribution in [3.05, 3.63) is 46.3 Å². The smallest absolute Gasteiger partial charge is 0.360 e. The second-order valence-electron chi connectivity index (χ2n) is 6.41. The van der Waals surface area contributed by atoms with E-state index < -0.39 is 5.97 Å². The van der Waals surface area contributed by atoms with Crippen LogP contribution in [-0.4, -0.2) is 41.7 Å². The monoisotopic (exact) mass is 403 g/mol. The van der Waals surface area contributed by atoms with Gasteiger partial charge in [-0.1, -0.05) is 18.2 Å². The van der Waals surface area contributed by atoms with Crippen molar-refractivity contribution < 1.29 is 14.3 Å². The van der Waals surface area contributed by atoms with Crippen LogP contribution in [0.5, 0.6) is 5.75 Å². The maximum Gasteiger partial charge on any atom is 0.360 e. The fourth-order valence-electron chi connectivity index (χ4n) is 3.60. The number of para-hydroxylation sites is 1. The number of methoxy groups -OCH3 is 1. The van der Waals surface area contributed by atoms with Gasteiger partial charge in [0.1, 0.15) is 16.0 Å². The zero-order valence-corrected chi connectivity index (χ0v) is 15.5. The molecule has 1 fully saturated rings. The number of carbonyl (C=O) groups is 1. The van der Waals surface area contributed by atoms with Crippen molar-refractivity contribution in [1.29, 1.82) is 0 Å². The van der Waals surface area contributed by atoms with E-state index in [0.29, 0.717) is 10.4 Å². The molecule has 0 aliphatic carbocycles. The molecule has 1 spiro atoms. The minimum Gasteiger partial charge on any atom is -0.487 e. The molecule has 0 N–H and O–H groups in total. The third-order valence-electron chi connectivity index (χ3n) is 4.89. The number of hydrogen-bond donors (Lipinski definition) is 0. The molecule has 0 bridgehead atoms.